The van der Waals surface area contributed by atoms with Crippen molar-refractivity contribution in [3.05, 3.63) is 34.1 Å². The second kappa shape index (κ2) is 6.56. The third kappa shape index (κ3) is 3.81. The smallest absolute Gasteiger partial charge is 0.174 e. The molecule has 1 heterocycles. The fourth-order valence-corrected chi connectivity index (χ4v) is 4.13. The van der Waals surface area contributed by atoms with Crippen molar-refractivity contribution in [2.24, 2.45) is 0 Å². The van der Waals surface area contributed by atoms with Gasteiger partial charge in [-0.25, -0.2) is 4.98 Å². The summed E-state index contributed by atoms with van der Waals surface area (Å²) in [4.78, 5) is 5.69. The molecule has 0 saturated heterocycles. The fourth-order valence-electron chi connectivity index (χ4n) is 1.80. The predicted molar refractivity (Wildman–Crippen MR) is 87.4 cm³/mol. The van der Waals surface area contributed by atoms with Gasteiger partial charge < -0.3 is 5.32 Å². The first kappa shape index (κ1) is 14.5. The van der Waals surface area contributed by atoms with E-state index in [-0.39, 0.29) is 0 Å². The number of nitrogens with one attached hydrogen (secondary N) is 1. The number of benzene rings is 1. The van der Waals surface area contributed by atoms with Crippen molar-refractivity contribution in [2.45, 2.75) is 48.0 Å². The first-order chi connectivity index (χ1) is 9.74. The summed E-state index contributed by atoms with van der Waals surface area (Å²) in [6.07, 6.45) is 3.54. The molecule has 0 unspecified atom stereocenters. The van der Waals surface area contributed by atoms with Gasteiger partial charge in [-0.1, -0.05) is 24.8 Å². The van der Waals surface area contributed by atoms with E-state index in [0.717, 1.165) is 33.6 Å². The topological polar surface area (TPSA) is 37.8 Å². The van der Waals surface area contributed by atoms with E-state index in [9.17, 15) is 0 Å². The van der Waals surface area contributed by atoms with Gasteiger partial charge in [0.15, 0.2) is 4.34 Å². The SMILES string of the molecule is CCc1nsc(Sc2ccc(CNC3CC3)cc2Br)n1. The number of hydrogen-bond donors (Lipinski definition) is 1. The van der Waals surface area contributed by atoms with Gasteiger partial charge in [-0.2, -0.15) is 4.37 Å². The molecular formula is C14H16BrN3S2. The van der Waals surface area contributed by atoms with Crippen LogP contribution in [0.5, 0.6) is 0 Å². The van der Waals surface area contributed by atoms with Crippen LogP contribution in [-0.2, 0) is 13.0 Å². The third-order valence-electron chi connectivity index (χ3n) is 3.13. The molecule has 1 aromatic heterocycles. The minimum atomic E-state index is 0.747. The molecule has 3 rings (SSSR count). The minimum absolute atomic E-state index is 0.747. The maximum absolute atomic E-state index is 4.49. The Labute approximate surface area is 135 Å². The number of aromatic nitrogens is 2. The van der Waals surface area contributed by atoms with Crippen LogP contribution in [0.3, 0.4) is 0 Å². The Hall–Kier alpha value is -0.430. The maximum Gasteiger partial charge on any atom is 0.174 e. The normalized spacial score (nSPS) is 14.7. The van der Waals surface area contributed by atoms with E-state index in [1.165, 1.54) is 34.8 Å². The standard InChI is InChI=1S/C14H16BrN3S2/c1-2-13-17-14(20-18-13)19-12-6-3-9(7-11(12)15)8-16-10-4-5-10/h3,6-7,10,16H,2,4-5,8H2,1H3. The predicted octanol–water partition coefficient (Wildman–Crippen LogP) is 4.27. The number of halogens is 1. The molecule has 1 aliphatic carbocycles. The van der Waals surface area contributed by atoms with E-state index in [4.69, 9.17) is 0 Å². The molecule has 20 heavy (non-hydrogen) atoms. The molecule has 0 spiro atoms. The summed E-state index contributed by atoms with van der Waals surface area (Å²) in [6, 6.07) is 7.28. The average molecular weight is 370 g/mol. The third-order valence-corrected chi connectivity index (χ3v) is 5.91. The van der Waals surface area contributed by atoms with Crippen molar-refractivity contribution in [3.63, 3.8) is 0 Å². The zero-order valence-corrected chi connectivity index (χ0v) is 14.4. The van der Waals surface area contributed by atoms with Crippen LogP contribution in [0.4, 0.5) is 0 Å². The lowest BCUT2D eigenvalue weighted by molar-refractivity contribution is 0.687. The summed E-state index contributed by atoms with van der Waals surface area (Å²) in [5.74, 6) is 0.930. The van der Waals surface area contributed by atoms with Gasteiger partial charge in [0.2, 0.25) is 0 Å². The van der Waals surface area contributed by atoms with Crippen LogP contribution in [0.1, 0.15) is 31.2 Å². The Morgan fingerprint density at radius 3 is 2.95 bits per heavy atom. The lowest BCUT2D eigenvalue weighted by atomic mass is 10.2. The highest BCUT2D eigenvalue weighted by atomic mass is 79.9. The first-order valence-electron chi connectivity index (χ1n) is 6.77. The van der Waals surface area contributed by atoms with Gasteiger partial charge in [-0.05, 0) is 58.0 Å². The minimum Gasteiger partial charge on any atom is -0.310 e. The molecule has 1 saturated carbocycles. The van der Waals surface area contributed by atoms with Crippen molar-refractivity contribution in [2.75, 3.05) is 0 Å². The highest BCUT2D eigenvalue weighted by molar-refractivity contribution is 9.10. The maximum atomic E-state index is 4.49. The van der Waals surface area contributed by atoms with Gasteiger partial charge in [-0.15, -0.1) is 0 Å². The lowest BCUT2D eigenvalue weighted by Crippen LogP contribution is -2.15. The second-order valence-corrected chi connectivity index (χ2v) is 7.75. The Morgan fingerprint density at radius 1 is 1.45 bits per heavy atom. The van der Waals surface area contributed by atoms with Gasteiger partial charge in [-0.3, -0.25) is 0 Å². The number of rotatable bonds is 6. The van der Waals surface area contributed by atoms with Gasteiger partial charge in [0, 0.05) is 28.4 Å². The molecule has 0 radical (unpaired) electrons. The molecule has 6 heteroatoms. The van der Waals surface area contributed by atoms with Crippen LogP contribution in [0.25, 0.3) is 0 Å². The van der Waals surface area contributed by atoms with E-state index in [1.807, 2.05) is 0 Å². The van der Waals surface area contributed by atoms with Crippen molar-refractivity contribution >= 4 is 39.2 Å². The molecule has 0 amide bonds. The fraction of sp³-hybridized carbons (Fsp3) is 0.429. The number of aryl methyl sites for hydroxylation is 1. The molecule has 3 nitrogen and oxygen atoms in total. The van der Waals surface area contributed by atoms with Crippen LogP contribution >= 0.6 is 39.2 Å². The van der Waals surface area contributed by atoms with E-state index in [0.29, 0.717) is 0 Å². The molecule has 1 aliphatic rings. The van der Waals surface area contributed by atoms with Crippen molar-refractivity contribution in [1.29, 1.82) is 0 Å². The Morgan fingerprint density at radius 2 is 2.30 bits per heavy atom. The number of nitrogens with zero attached hydrogens (tertiary/aromatic N) is 2. The molecule has 1 N–H and O–H groups in total. The van der Waals surface area contributed by atoms with Crippen LogP contribution < -0.4 is 5.32 Å². The van der Waals surface area contributed by atoms with Crippen LogP contribution in [0.15, 0.2) is 31.9 Å². The quantitative estimate of drug-likeness (QED) is 0.824. The Bertz CT molecular complexity index is 596. The molecule has 106 valence electrons. The summed E-state index contributed by atoms with van der Waals surface area (Å²) >= 11 is 6.81. The average Bonchev–Trinajstić information content (AvgIpc) is 3.17. The summed E-state index contributed by atoms with van der Waals surface area (Å²) < 4.78 is 6.45. The summed E-state index contributed by atoms with van der Waals surface area (Å²) in [6.45, 7) is 3.03. The Balaban J connectivity index is 1.66. The Kier molecular flexibility index (Phi) is 4.75. The van der Waals surface area contributed by atoms with Crippen molar-refractivity contribution < 1.29 is 0 Å². The second-order valence-electron chi connectivity index (χ2n) is 4.85. The summed E-state index contributed by atoms with van der Waals surface area (Å²) in [5.41, 5.74) is 1.32. The molecule has 0 aliphatic heterocycles. The summed E-state index contributed by atoms with van der Waals surface area (Å²) in [7, 11) is 0. The first-order valence-corrected chi connectivity index (χ1v) is 9.15. The van der Waals surface area contributed by atoms with Gasteiger partial charge in [0.05, 0.1) is 0 Å². The van der Waals surface area contributed by atoms with Crippen LogP contribution in [0, 0.1) is 0 Å². The summed E-state index contributed by atoms with van der Waals surface area (Å²) in [5, 5.41) is 3.53. The van der Waals surface area contributed by atoms with E-state index in [2.05, 4.69) is 55.7 Å². The van der Waals surface area contributed by atoms with E-state index >= 15 is 0 Å². The molecule has 2 aromatic rings. The zero-order chi connectivity index (χ0) is 13.9. The highest BCUT2D eigenvalue weighted by Crippen LogP contribution is 2.35. The number of hydrogen-bond acceptors (Lipinski definition) is 5. The van der Waals surface area contributed by atoms with Crippen LogP contribution in [-0.4, -0.2) is 15.4 Å². The molecule has 1 aromatic carbocycles. The molecule has 1 fully saturated rings. The molecule has 0 bridgehead atoms. The monoisotopic (exact) mass is 369 g/mol. The van der Waals surface area contributed by atoms with Gasteiger partial charge in [0.1, 0.15) is 5.82 Å². The van der Waals surface area contributed by atoms with Crippen LogP contribution in [0.2, 0.25) is 0 Å². The highest BCUT2D eigenvalue weighted by Gasteiger charge is 2.20. The molecular weight excluding hydrogens is 354 g/mol. The zero-order valence-electron chi connectivity index (χ0n) is 11.2. The van der Waals surface area contributed by atoms with E-state index < -0.39 is 0 Å². The molecule has 0 atom stereocenters. The van der Waals surface area contributed by atoms with Crippen molar-refractivity contribution in [1.82, 2.24) is 14.7 Å². The van der Waals surface area contributed by atoms with Gasteiger partial charge in [0.25, 0.3) is 0 Å². The lowest BCUT2D eigenvalue weighted by Gasteiger charge is -2.06. The largest absolute Gasteiger partial charge is 0.310 e. The van der Waals surface area contributed by atoms with E-state index in [1.54, 1.807) is 11.8 Å². The van der Waals surface area contributed by atoms with Gasteiger partial charge >= 0.3 is 0 Å². The van der Waals surface area contributed by atoms with Crippen molar-refractivity contribution in [3.8, 4) is 0 Å².